The molecule has 0 bridgehead atoms. The molecule has 0 saturated heterocycles. The van der Waals surface area contributed by atoms with Crippen LogP contribution in [0.1, 0.15) is 35.6 Å². The van der Waals surface area contributed by atoms with E-state index in [0.29, 0.717) is 11.6 Å². The van der Waals surface area contributed by atoms with Crippen LogP contribution in [0.5, 0.6) is 5.75 Å². The second-order valence-corrected chi connectivity index (χ2v) is 5.34. The SMILES string of the molecule is COc1ccc2c(c1)CCCC2Nc1ccc(C#N)cc1. The number of nitrogens with zero attached hydrogens (tertiary/aromatic N) is 1. The molecule has 1 atom stereocenters. The molecule has 0 spiro atoms. The van der Waals surface area contributed by atoms with Crippen LogP contribution in [0.4, 0.5) is 5.69 Å². The molecule has 21 heavy (non-hydrogen) atoms. The summed E-state index contributed by atoms with van der Waals surface area (Å²) < 4.78 is 5.31. The number of hydrogen-bond acceptors (Lipinski definition) is 3. The van der Waals surface area contributed by atoms with E-state index in [1.807, 2.05) is 30.3 Å². The minimum absolute atomic E-state index is 0.326. The van der Waals surface area contributed by atoms with Crippen molar-refractivity contribution in [3.63, 3.8) is 0 Å². The molecular formula is C18H18N2O. The van der Waals surface area contributed by atoms with Crippen molar-refractivity contribution in [2.24, 2.45) is 0 Å². The van der Waals surface area contributed by atoms with Crippen molar-refractivity contribution >= 4 is 5.69 Å². The second kappa shape index (κ2) is 5.88. The van der Waals surface area contributed by atoms with Gasteiger partial charge in [-0.3, -0.25) is 0 Å². The summed E-state index contributed by atoms with van der Waals surface area (Å²) in [5.41, 5.74) is 4.47. The smallest absolute Gasteiger partial charge is 0.119 e. The number of fused-ring (bicyclic) bond motifs is 1. The number of nitrogens with one attached hydrogen (secondary N) is 1. The van der Waals surface area contributed by atoms with E-state index in [2.05, 4.69) is 23.5 Å². The highest BCUT2D eigenvalue weighted by atomic mass is 16.5. The standard InChI is InChI=1S/C18H18N2O/c1-21-16-9-10-17-14(11-16)3-2-4-18(17)20-15-7-5-13(12-19)6-8-15/h5-11,18,20H,2-4H2,1H3. The van der Waals surface area contributed by atoms with Gasteiger partial charge in [0, 0.05) is 5.69 Å². The summed E-state index contributed by atoms with van der Waals surface area (Å²) in [5.74, 6) is 0.924. The van der Waals surface area contributed by atoms with Gasteiger partial charge in [-0.15, -0.1) is 0 Å². The Morgan fingerprint density at radius 1 is 1.19 bits per heavy atom. The van der Waals surface area contributed by atoms with Crippen molar-refractivity contribution in [3.8, 4) is 11.8 Å². The number of ether oxygens (including phenoxy) is 1. The van der Waals surface area contributed by atoms with E-state index in [4.69, 9.17) is 10.00 Å². The first-order valence-corrected chi connectivity index (χ1v) is 7.23. The zero-order chi connectivity index (χ0) is 14.7. The van der Waals surface area contributed by atoms with Crippen LogP contribution in [-0.4, -0.2) is 7.11 Å². The van der Waals surface area contributed by atoms with Crippen LogP contribution in [-0.2, 0) is 6.42 Å². The topological polar surface area (TPSA) is 45.0 Å². The fraction of sp³-hybridized carbons (Fsp3) is 0.278. The largest absolute Gasteiger partial charge is 0.497 e. The Bertz CT molecular complexity index is 671. The number of hydrogen-bond donors (Lipinski definition) is 1. The Balaban J connectivity index is 1.83. The molecule has 1 aliphatic rings. The molecule has 0 amide bonds. The summed E-state index contributed by atoms with van der Waals surface area (Å²) in [7, 11) is 1.71. The predicted molar refractivity (Wildman–Crippen MR) is 83.5 cm³/mol. The van der Waals surface area contributed by atoms with Gasteiger partial charge in [-0.1, -0.05) is 6.07 Å². The Labute approximate surface area is 125 Å². The second-order valence-electron chi connectivity index (χ2n) is 5.34. The Morgan fingerprint density at radius 2 is 2.00 bits per heavy atom. The normalized spacial score (nSPS) is 16.7. The lowest BCUT2D eigenvalue weighted by molar-refractivity contribution is 0.413. The van der Waals surface area contributed by atoms with Crippen molar-refractivity contribution in [2.75, 3.05) is 12.4 Å². The van der Waals surface area contributed by atoms with Gasteiger partial charge >= 0.3 is 0 Å². The first-order valence-electron chi connectivity index (χ1n) is 7.23. The maximum absolute atomic E-state index is 8.85. The minimum atomic E-state index is 0.326. The number of aryl methyl sites for hydroxylation is 1. The molecule has 0 heterocycles. The first kappa shape index (κ1) is 13.5. The summed E-state index contributed by atoms with van der Waals surface area (Å²) >= 11 is 0. The number of benzene rings is 2. The third-order valence-electron chi connectivity index (χ3n) is 4.02. The molecule has 3 heteroatoms. The van der Waals surface area contributed by atoms with Crippen molar-refractivity contribution in [1.29, 1.82) is 5.26 Å². The molecule has 0 fully saturated rings. The molecule has 2 aromatic carbocycles. The summed E-state index contributed by atoms with van der Waals surface area (Å²) in [5, 5.41) is 12.4. The van der Waals surface area contributed by atoms with Crippen LogP contribution >= 0.6 is 0 Å². The molecule has 0 saturated carbocycles. The summed E-state index contributed by atoms with van der Waals surface area (Å²) in [4.78, 5) is 0. The number of rotatable bonds is 3. The van der Waals surface area contributed by atoms with Crippen LogP contribution in [0.15, 0.2) is 42.5 Å². The lowest BCUT2D eigenvalue weighted by atomic mass is 9.87. The van der Waals surface area contributed by atoms with Crippen LogP contribution in [0.3, 0.4) is 0 Å². The predicted octanol–water partition coefficient (Wildman–Crippen LogP) is 4.06. The lowest BCUT2D eigenvalue weighted by Crippen LogP contribution is -2.17. The van der Waals surface area contributed by atoms with E-state index >= 15 is 0 Å². The minimum Gasteiger partial charge on any atom is -0.497 e. The van der Waals surface area contributed by atoms with Gasteiger partial charge in [-0.05, 0) is 66.8 Å². The first-order chi connectivity index (χ1) is 10.3. The van der Waals surface area contributed by atoms with Gasteiger partial charge in [0.25, 0.3) is 0 Å². The molecule has 0 aliphatic heterocycles. The van der Waals surface area contributed by atoms with Gasteiger partial charge in [0.2, 0.25) is 0 Å². The van der Waals surface area contributed by atoms with Crippen molar-refractivity contribution in [2.45, 2.75) is 25.3 Å². The third-order valence-corrected chi connectivity index (χ3v) is 4.02. The average molecular weight is 278 g/mol. The maximum Gasteiger partial charge on any atom is 0.119 e. The Kier molecular flexibility index (Phi) is 3.79. The van der Waals surface area contributed by atoms with E-state index in [1.54, 1.807) is 7.11 Å². The lowest BCUT2D eigenvalue weighted by Gasteiger charge is -2.27. The van der Waals surface area contributed by atoms with E-state index in [0.717, 1.165) is 24.3 Å². The highest BCUT2D eigenvalue weighted by molar-refractivity contribution is 5.50. The molecule has 1 N–H and O–H groups in total. The highest BCUT2D eigenvalue weighted by Gasteiger charge is 2.20. The summed E-state index contributed by atoms with van der Waals surface area (Å²) in [6.07, 6.45) is 3.41. The monoisotopic (exact) mass is 278 g/mol. The van der Waals surface area contributed by atoms with E-state index < -0.39 is 0 Å². The van der Waals surface area contributed by atoms with Crippen LogP contribution in [0.25, 0.3) is 0 Å². The zero-order valence-electron chi connectivity index (χ0n) is 12.1. The Hall–Kier alpha value is -2.47. The van der Waals surface area contributed by atoms with Gasteiger partial charge in [-0.25, -0.2) is 0 Å². The highest BCUT2D eigenvalue weighted by Crippen LogP contribution is 2.34. The Morgan fingerprint density at radius 3 is 2.71 bits per heavy atom. The van der Waals surface area contributed by atoms with Gasteiger partial charge in [0.15, 0.2) is 0 Å². The van der Waals surface area contributed by atoms with E-state index in [-0.39, 0.29) is 0 Å². The van der Waals surface area contributed by atoms with Gasteiger partial charge in [0.1, 0.15) is 5.75 Å². The van der Waals surface area contributed by atoms with Gasteiger partial charge in [0.05, 0.1) is 24.8 Å². The number of anilines is 1. The molecular weight excluding hydrogens is 260 g/mol. The molecule has 1 unspecified atom stereocenters. The molecule has 106 valence electrons. The van der Waals surface area contributed by atoms with Crippen molar-refractivity contribution < 1.29 is 4.74 Å². The van der Waals surface area contributed by atoms with Crippen LogP contribution < -0.4 is 10.1 Å². The summed E-state index contributed by atoms with van der Waals surface area (Å²) in [6, 6.07) is 16.4. The van der Waals surface area contributed by atoms with Crippen molar-refractivity contribution in [1.82, 2.24) is 0 Å². The molecule has 0 radical (unpaired) electrons. The van der Waals surface area contributed by atoms with E-state index in [1.165, 1.54) is 17.5 Å². The maximum atomic E-state index is 8.85. The van der Waals surface area contributed by atoms with Gasteiger partial charge in [-0.2, -0.15) is 5.26 Å². The zero-order valence-corrected chi connectivity index (χ0v) is 12.1. The summed E-state index contributed by atoms with van der Waals surface area (Å²) in [6.45, 7) is 0. The van der Waals surface area contributed by atoms with Crippen LogP contribution in [0.2, 0.25) is 0 Å². The number of nitriles is 1. The fourth-order valence-corrected chi connectivity index (χ4v) is 2.91. The third kappa shape index (κ3) is 2.85. The van der Waals surface area contributed by atoms with Gasteiger partial charge < -0.3 is 10.1 Å². The number of methoxy groups -OCH3 is 1. The quantitative estimate of drug-likeness (QED) is 0.921. The van der Waals surface area contributed by atoms with Crippen molar-refractivity contribution in [3.05, 3.63) is 59.2 Å². The molecule has 1 aliphatic carbocycles. The van der Waals surface area contributed by atoms with E-state index in [9.17, 15) is 0 Å². The molecule has 3 nitrogen and oxygen atoms in total. The molecule has 3 rings (SSSR count). The average Bonchev–Trinajstić information content (AvgIpc) is 2.55. The fourth-order valence-electron chi connectivity index (χ4n) is 2.91. The van der Waals surface area contributed by atoms with Crippen LogP contribution in [0, 0.1) is 11.3 Å². The molecule has 0 aromatic heterocycles. The molecule has 2 aromatic rings.